The number of aliphatic hydroxyl groups excluding tert-OH is 2. The van der Waals surface area contributed by atoms with Gasteiger partial charge in [0.25, 0.3) is 0 Å². The zero-order valence-electron chi connectivity index (χ0n) is 10.7. The van der Waals surface area contributed by atoms with Crippen LogP contribution in [0.1, 0.15) is 13.3 Å². The van der Waals surface area contributed by atoms with Crippen LogP contribution in [0.4, 0.5) is 11.8 Å². The number of rotatable bonds is 7. The molecule has 1 unspecified atom stereocenters. The SMILES string of the molecule is CCCNc1nc(NCC(O)CO)c2cn[nH]c2n1. The molecule has 0 saturated carbocycles. The predicted octanol–water partition coefficient (Wildman–Crippen LogP) is -0.0601. The fourth-order valence-electron chi connectivity index (χ4n) is 1.56. The fourth-order valence-corrected chi connectivity index (χ4v) is 1.56. The van der Waals surface area contributed by atoms with E-state index in [0.717, 1.165) is 18.4 Å². The van der Waals surface area contributed by atoms with Crippen molar-refractivity contribution in [2.75, 3.05) is 30.3 Å². The summed E-state index contributed by atoms with van der Waals surface area (Å²) in [5, 5.41) is 31.7. The van der Waals surface area contributed by atoms with Crippen molar-refractivity contribution in [3.05, 3.63) is 6.20 Å². The molecule has 0 aliphatic carbocycles. The molecule has 2 heterocycles. The lowest BCUT2D eigenvalue weighted by Crippen LogP contribution is -2.23. The topological polar surface area (TPSA) is 119 Å². The van der Waals surface area contributed by atoms with Crippen molar-refractivity contribution < 1.29 is 10.2 Å². The molecule has 0 fully saturated rings. The van der Waals surface area contributed by atoms with Gasteiger partial charge < -0.3 is 20.8 Å². The smallest absolute Gasteiger partial charge is 0.226 e. The minimum Gasteiger partial charge on any atom is -0.394 e. The van der Waals surface area contributed by atoms with Crippen molar-refractivity contribution >= 4 is 22.8 Å². The maximum Gasteiger partial charge on any atom is 0.226 e. The summed E-state index contributed by atoms with van der Waals surface area (Å²) in [7, 11) is 0. The highest BCUT2D eigenvalue weighted by atomic mass is 16.3. The van der Waals surface area contributed by atoms with Gasteiger partial charge in [0.15, 0.2) is 5.65 Å². The third-order valence-corrected chi connectivity index (χ3v) is 2.56. The predicted molar refractivity (Wildman–Crippen MR) is 72.0 cm³/mol. The maximum absolute atomic E-state index is 9.36. The molecule has 1 atom stereocenters. The van der Waals surface area contributed by atoms with E-state index in [1.165, 1.54) is 0 Å². The average Bonchev–Trinajstić information content (AvgIpc) is 2.90. The highest BCUT2D eigenvalue weighted by Gasteiger charge is 2.10. The Balaban J connectivity index is 2.21. The zero-order chi connectivity index (χ0) is 13.7. The molecule has 0 bridgehead atoms. The van der Waals surface area contributed by atoms with Gasteiger partial charge in [0.1, 0.15) is 5.82 Å². The maximum atomic E-state index is 9.36. The van der Waals surface area contributed by atoms with Gasteiger partial charge in [0.05, 0.1) is 24.3 Å². The normalized spacial score (nSPS) is 12.6. The minimum atomic E-state index is -0.830. The van der Waals surface area contributed by atoms with Gasteiger partial charge in [-0.1, -0.05) is 6.92 Å². The van der Waals surface area contributed by atoms with E-state index in [0.29, 0.717) is 17.4 Å². The van der Waals surface area contributed by atoms with Gasteiger partial charge in [0.2, 0.25) is 5.95 Å². The number of aliphatic hydroxyl groups is 2. The van der Waals surface area contributed by atoms with Crippen molar-refractivity contribution in [3.8, 4) is 0 Å². The van der Waals surface area contributed by atoms with E-state index < -0.39 is 6.10 Å². The summed E-state index contributed by atoms with van der Waals surface area (Å²) in [5.74, 6) is 1.07. The molecule has 0 radical (unpaired) electrons. The van der Waals surface area contributed by atoms with E-state index in [2.05, 4.69) is 37.7 Å². The first-order chi connectivity index (χ1) is 9.24. The molecule has 0 aliphatic rings. The summed E-state index contributed by atoms with van der Waals surface area (Å²) in [6.45, 7) is 2.74. The number of anilines is 2. The van der Waals surface area contributed by atoms with Gasteiger partial charge in [0, 0.05) is 13.1 Å². The Morgan fingerprint density at radius 3 is 2.95 bits per heavy atom. The van der Waals surface area contributed by atoms with Crippen LogP contribution >= 0.6 is 0 Å². The van der Waals surface area contributed by atoms with E-state index >= 15 is 0 Å². The number of H-pyrrole nitrogens is 1. The Labute approximate surface area is 110 Å². The van der Waals surface area contributed by atoms with E-state index in [4.69, 9.17) is 5.11 Å². The van der Waals surface area contributed by atoms with Crippen LogP contribution in [-0.2, 0) is 0 Å². The number of hydrogen-bond donors (Lipinski definition) is 5. The molecule has 2 aromatic rings. The fraction of sp³-hybridized carbons (Fsp3) is 0.545. The molecule has 0 spiro atoms. The molecule has 5 N–H and O–H groups in total. The number of nitrogens with zero attached hydrogens (tertiary/aromatic N) is 3. The van der Waals surface area contributed by atoms with Crippen LogP contribution in [0.2, 0.25) is 0 Å². The number of aromatic nitrogens is 4. The first kappa shape index (κ1) is 13.5. The second kappa shape index (κ2) is 6.30. The van der Waals surface area contributed by atoms with E-state index in [9.17, 15) is 5.11 Å². The van der Waals surface area contributed by atoms with Gasteiger partial charge in [-0.15, -0.1) is 0 Å². The lowest BCUT2D eigenvalue weighted by atomic mass is 10.3. The van der Waals surface area contributed by atoms with Gasteiger partial charge in [-0.05, 0) is 6.42 Å². The van der Waals surface area contributed by atoms with E-state index in [1.807, 2.05) is 0 Å². The molecule has 19 heavy (non-hydrogen) atoms. The van der Waals surface area contributed by atoms with Crippen molar-refractivity contribution in [2.24, 2.45) is 0 Å². The molecule has 8 nitrogen and oxygen atoms in total. The molecule has 104 valence electrons. The second-order valence-corrected chi connectivity index (χ2v) is 4.17. The lowest BCUT2D eigenvalue weighted by Gasteiger charge is -2.11. The third-order valence-electron chi connectivity index (χ3n) is 2.56. The number of fused-ring (bicyclic) bond motifs is 1. The summed E-state index contributed by atoms with van der Waals surface area (Å²) in [6, 6.07) is 0. The molecule has 0 aromatic carbocycles. The van der Waals surface area contributed by atoms with Crippen molar-refractivity contribution in [2.45, 2.75) is 19.4 Å². The Morgan fingerprint density at radius 2 is 2.21 bits per heavy atom. The van der Waals surface area contributed by atoms with Gasteiger partial charge in [-0.2, -0.15) is 15.1 Å². The summed E-state index contributed by atoms with van der Waals surface area (Å²) >= 11 is 0. The van der Waals surface area contributed by atoms with Crippen molar-refractivity contribution in [3.63, 3.8) is 0 Å². The zero-order valence-corrected chi connectivity index (χ0v) is 10.7. The molecule has 0 amide bonds. The Hall–Kier alpha value is -1.93. The van der Waals surface area contributed by atoms with Crippen LogP contribution in [0.25, 0.3) is 11.0 Å². The Kier molecular flexibility index (Phi) is 4.48. The van der Waals surface area contributed by atoms with Gasteiger partial charge in [-0.25, -0.2) is 0 Å². The summed E-state index contributed by atoms with van der Waals surface area (Å²) < 4.78 is 0. The van der Waals surface area contributed by atoms with E-state index in [-0.39, 0.29) is 13.2 Å². The summed E-state index contributed by atoms with van der Waals surface area (Å²) in [6.07, 6.45) is 1.76. The minimum absolute atomic E-state index is 0.209. The number of nitrogens with one attached hydrogen (secondary N) is 3. The van der Waals surface area contributed by atoms with Crippen LogP contribution in [0.5, 0.6) is 0 Å². The van der Waals surface area contributed by atoms with E-state index in [1.54, 1.807) is 6.20 Å². The molecular weight excluding hydrogens is 248 g/mol. The van der Waals surface area contributed by atoms with Crippen molar-refractivity contribution in [1.82, 2.24) is 20.2 Å². The molecule has 0 saturated heterocycles. The monoisotopic (exact) mass is 266 g/mol. The molecule has 2 aromatic heterocycles. The van der Waals surface area contributed by atoms with Crippen LogP contribution in [0.3, 0.4) is 0 Å². The standard InChI is InChI=1S/C11H18N6O2/c1-2-3-12-11-15-9(13-4-7(19)6-18)8-5-14-17-10(8)16-11/h5,7,18-19H,2-4,6H2,1H3,(H3,12,13,14,15,16,17). The number of hydrogen-bond acceptors (Lipinski definition) is 7. The van der Waals surface area contributed by atoms with Crippen LogP contribution in [0.15, 0.2) is 6.20 Å². The van der Waals surface area contributed by atoms with Crippen LogP contribution in [0, 0.1) is 0 Å². The third kappa shape index (κ3) is 3.30. The van der Waals surface area contributed by atoms with Crippen LogP contribution in [-0.4, -0.2) is 56.2 Å². The quantitative estimate of drug-likeness (QED) is 0.476. The van der Waals surface area contributed by atoms with Gasteiger partial charge in [-0.3, -0.25) is 5.10 Å². The highest BCUT2D eigenvalue weighted by Crippen LogP contribution is 2.19. The summed E-state index contributed by atoms with van der Waals surface area (Å²) in [5.41, 5.74) is 0.620. The first-order valence-corrected chi connectivity index (χ1v) is 6.22. The Bertz CT molecular complexity index is 529. The lowest BCUT2D eigenvalue weighted by molar-refractivity contribution is 0.105. The first-order valence-electron chi connectivity index (χ1n) is 6.22. The average molecular weight is 266 g/mol. The molecular formula is C11H18N6O2. The Morgan fingerprint density at radius 1 is 1.37 bits per heavy atom. The van der Waals surface area contributed by atoms with Crippen molar-refractivity contribution in [1.29, 1.82) is 0 Å². The second-order valence-electron chi connectivity index (χ2n) is 4.17. The molecule has 0 aliphatic heterocycles. The van der Waals surface area contributed by atoms with Crippen LogP contribution < -0.4 is 10.6 Å². The molecule has 8 heteroatoms. The highest BCUT2D eigenvalue weighted by molar-refractivity contribution is 5.86. The summed E-state index contributed by atoms with van der Waals surface area (Å²) in [4.78, 5) is 8.62. The molecule has 2 rings (SSSR count). The van der Waals surface area contributed by atoms with Gasteiger partial charge >= 0.3 is 0 Å². The largest absolute Gasteiger partial charge is 0.394 e. The number of aromatic amines is 1.